The van der Waals surface area contributed by atoms with E-state index >= 15 is 0 Å². The second-order valence-electron chi connectivity index (χ2n) is 13.7. The summed E-state index contributed by atoms with van der Waals surface area (Å²) in [4.78, 5) is 5.15. The molecule has 0 N–H and O–H groups in total. The Bertz CT molecular complexity index is 3010. The number of rotatable bonds is 5. The van der Waals surface area contributed by atoms with Crippen LogP contribution in [0.5, 0.6) is 0 Å². The van der Waals surface area contributed by atoms with Crippen molar-refractivity contribution in [2.24, 2.45) is 0 Å². The molecule has 0 radical (unpaired) electrons. The summed E-state index contributed by atoms with van der Waals surface area (Å²) in [7, 11) is 0. The van der Waals surface area contributed by atoms with Gasteiger partial charge in [-0.05, 0) is 83.3 Å². The van der Waals surface area contributed by atoms with Crippen LogP contribution in [0.3, 0.4) is 0 Å². The van der Waals surface area contributed by atoms with Gasteiger partial charge < -0.3 is 9.47 Å². The highest BCUT2D eigenvalue weighted by Gasteiger charge is 2.26. The highest BCUT2D eigenvalue weighted by molar-refractivity contribution is 7.99. The second-order valence-corrected chi connectivity index (χ2v) is 15.8. The van der Waals surface area contributed by atoms with Gasteiger partial charge in [-0.25, -0.2) is 0 Å². The topological polar surface area (TPSA) is 8.17 Å². The van der Waals surface area contributed by atoms with Gasteiger partial charge in [0, 0.05) is 57.8 Å². The molecule has 0 spiro atoms. The van der Waals surface area contributed by atoms with E-state index in [1.807, 2.05) is 23.1 Å². The Hall–Kier alpha value is -6.07. The molecule has 11 rings (SSSR count). The summed E-state index contributed by atoms with van der Waals surface area (Å²) < 4.78 is 5.03. The van der Waals surface area contributed by atoms with Gasteiger partial charge in [-0.2, -0.15) is 0 Å². The van der Waals surface area contributed by atoms with Gasteiger partial charge in [-0.1, -0.05) is 139 Å². The number of fused-ring (bicyclic) bond motifs is 8. The number of hydrogen-bond donors (Lipinski definition) is 0. The maximum absolute atomic E-state index is 2.50. The fraction of sp³-hybridized carbons (Fsp3) is 0.0204. The summed E-state index contributed by atoms with van der Waals surface area (Å²) in [5.41, 5.74) is 12.3. The largest absolute Gasteiger partial charge is 0.309 e. The molecular formula is C49H32N2S2. The molecule has 2 aromatic heterocycles. The molecule has 0 atom stereocenters. The van der Waals surface area contributed by atoms with E-state index in [4.69, 9.17) is 0 Å². The van der Waals surface area contributed by atoms with Gasteiger partial charge in [0.25, 0.3) is 0 Å². The zero-order chi connectivity index (χ0) is 34.9. The van der Waals surface area contributed by atoms with Gasteiger partial charge in [0.1, 0.15) is 0 Å². The van der Waals surface area contributed by atoms with Gasteiger partial charge in [0.05, 0.1) is 16.7 Å². The van der Waals surface area contributed by atoms with Gasteiger partial charge >= 0.3 is 0 Å². The van der Waals surface area contributed by atoms with Crippen molar-refractivity contribution < 1.29 is 0 Å². The summed E-state index contributed by atoms with van der Waals surface area (Å²) in [5.74, 6) is 0. The second kappa shape index (κ2) is 12.3. The first kappa shape index (κ1) is 30.5. The minimum absolute atomic E-state index is 0.899. The van der Waals surface area contributed by atoms with E-state index in [1.165, 1.54) is 79.7 Å². The Morgan fingerprint density at radius 1 is 0.453 bits per heavy atom. The lowest BCUT2D eigenvalue weighted by Gasteiger charge is -2.31. The van der Waals surface area contributed by atoms with Crippen LogP contribution in [0.25, 0.3) is 58.8 Å². The van der Waals surface area contributed by atoms with Crippen LogP contribution >= 0.6 is 23.1 Å². The highest BCUT2D eigenvalue weighted by Crippen LogP contribution is 2.52. The molecule has 0 saturated heterocycles. The van der Waals surface area contributed by atoms with Gasteiger partial charge in [-0.3, -0.25) is 0 Å². The van der Waals surface area contributed by atoms with E-state index in [0.717, 1.165) is 23.5 Å². The van der Waals surface area contributed by atoms with Gasteiger partial charge in [0.15, 0.2) is 0 Å². The monoisotopic (exact) mass is 712 g/mol. The zero-order valence-corrected chi connectivity index (χ0v) is 30.4. The van der Waals surface area contributed by atoms with E-state index in [-0.39, 0.29) is 0 Å². The van der Waals surface area contributed by atoms with E-state index < -0.39 is 0 Å². The summed E-state index contributed by atoms with van der Waals surface area (Å²) in [6.45, 7) is 0. The van der Waals surface area contributed by atoms with Crippen LogP contribution in [0.1, 0.15) is 11.1 Å². The number of hydrogen-bond acceptors (Lipinski definition) is 3. The van der Waals surface area contributed by atoms with E-state index in [2.05, 4.69) is 191 Å². The first-order chi connectivity index (χ1) is 26.3. The van der Waals surface area contributed by atoms with E-state index in [0.29, 0.717) is 0 Å². The third-order valence-corrected chi connectivity index (χ3v) is 13.1. The molecule has 250 valence electrons. The molecule has 8 aromatic carbocycles. The van der Waals surface area contributed by atoms with Gasteiger partial charge in [0.2, 0.25) is 0 Å². The van der Waals surface area contributed by atoms with Crippen molar-refractivity contribution in [2.75, 3.05) is 4.90 Å². The summed E-state index contributed by atoms with van der Waals surface area (Å²) in [5, 5.41) is 5.13. The molecule has 1 aliphatic heterocycles. The van der Waals surface area contributed by atoms with Crippen molar-refractivity contribution >= 4 is 82.1 Å². The lowest BCUT2D eigenvalue weighted by Crippen LogP contribution is -2.13. The first-order valence-corrected chi connectivity index (χ1v) is 19.7. The molecule has 0 unspecified atom stereocenters. The molecule has 10 aromatic rings. The lowest BCUT2D eigenvalue weighted by molar-refractivity contribution is 1.05. The number of nitrogens with zero attached hydrogens (tertiary/aromatic N) is 2. The number of benzene rings is 8. The van der Waals surface area contributed by atoms with Crippen LogP contribution in [0.15, 0.2) is 192 Å². The normalized spacial score (nSPS) is 12.4. The van der Waals surface area contributed by atoms with Crippen molar-refractivity contribution in [3.63, 3.8) is 0 Å². The number of anilines is 3. The molecule has 0 saturated carbocycles. The van der Waals surface area contributed by atoms with Crippen molar-refractivity contribution in [1.29, 1.82) is 0 Å². The van der Waals surface area contributed by atoms with Crippen LogP contribution in [0, 0.1) is 0 Å². The molecule has 0 bridgehead atoms. The van der Waals surface area contributed by atoms with Crippen LogP contribution < -0.4 is 4.90 Å². The molecular weight excluding hydrogens is 681 g/mol. The predicted octanol–water partition coefficient (Wildman–Crippen LogP) is 14.3. The van der Waals surface area contributed by atoms with Crippen molar-refractivity contribution in [1.82, 2.24) is 4.57 Å². The maximum Gasteiger partial charge on any atom is 0.0604 e. The minimum Gasteiger partial charge on any atom is -0.309 e. The van der Waals surface area contributed by atoms with Crippen molar-refractivity contribution in [3.05, 3.63) is 193 Å². The fourth-order valence-corrected chi connectivity index (χ4v) is 10.7. The summed E-state index contributed by atoms with van der Waals surface area (Å²) in [6.07, 6.45) is 0.899. The lowest BCUT2D eigenvalue weighted by atomic mass is 9.97. The van der Waals surface area contributed by atoms with Crippen LogP contribution in [0.2, 0.25) is 0 Å². The van der Waals surface area contributed by atoms with Crippen molar-refractivity contribution in [3.8, 4) is 16.8 Å². The number of aromatic nitrogens is 1. The maximum atomic E-state index is 2.50. The Morgan fingerprint density at radius 3 is 1.94 bits per heavy atom. The smallest absolute Gasteiger partial charge is 0.0604 e. The molecule has 1 aliphatic rings. The first-order valence-electron chi connectivity index (χ1n) is 18.1. The Morgan fingerprint density at radius 2 is 1.09 bits per heavy atom. The van der Waals surface area contributed by atoms with Crippen molar-refractivity contribution in [2.45, 2.75) is 16.2 Å². The number of para-hydroxylation sites is 2. The summed E-state index contributed by atoms with van der Waals surface area (Å²) in [6, 6.07) is 66.8. The average Bonchev–Trinajstić information content (AvgIpc) is 3.76. The molecule has 53 heavy (non-hydrogen) atoms. The predicted molar refractivity (Wildman–Crippen MR) is 227 cm³/mol. The Balaban J connectivity index is 1.16. The molecule has 2 nitrogen and oxygen atoms in total. The SMILES string of the molecule is c1ccc(-c2cccc3c2Sc2c(cccc2N(c2ccc4c(c2)sc2ccccc24)c2ccc4c5ccccc5n(-c5ccccc5)c4c2)C3)cc1. The van der Waals surface area contributed by atoms with Gasteiger partial charge in [-0.15, -0.1) is 11.3 Å². The molecule has 4 heteroatoms. The Kier molecular flexibility index (Phi) is 7.07. The molecule has 0 fully saturated rings. The van der Waals surface area contributed by atoms with Crippen LogP contribution in [-0.2, 0) is 6.42 Å². The van der Waals surface area contributed by atoms with E-state index in [1.54, 1.807) is 0 Å². The average molecular weight is 713 g/mol. The van der Waals surface area contributed by atoms with Crippen LogP contribution in [0.4, 0.5) is 17.1 Å². The standard InChI is InChI=1S/C49H32N2S2/c1-3-13-32(14-4-1)38-21-11-15-33-29-34-16-12-23-44(49(34)53-48(33)38)50(37-26-28-42-41-20-8-10-24-46(41)52-47(42)31-37)36-25-27-40-39-19-7-9-22-43(39)51(45(40)30-36)35-17-5-2-6-18-35/h1-28,30-31H,29H2. The highest BCUT2D eigenvalue weighted by atomic mass is 32.2. The summed E-state index contributed by atoms with van der Waals surface area (Å²) >= 11 is 3.79. The number of thiophene rings is 1. The molecule has 0 aliphatic carbocycles. The van der Waals surface area contributed by atoms with E-state index in [9.17, 15) is 0 Å². The zero-order valence-electron chi connectivity index (χ0n) is 28.7. The molecule has 0 amide bonds. The molecule has 3 heterocycles. The quantitative estimate of drug-likeness (QED) is 0.176. The minimum atomic E-state index is 0.899. The van der Waals surface area contributed by atoms with Crippen LogP contribution in [-0.4, -0.2) is 4.57 Å². The third-order valence-electron chi connectivity index (χ3n) is 10.6. The Labute approximate surface area is 316 Å². The third kappa shape index (κ3) is 4.94. The fourth-order valence-electron chi connectivity index (χ4n) is 8.24.